The molecule has 0 heterocycles. The molecule has 0 spiro atoms. The number of hydrogen-bond acceptors (Lipinski definition) is 3. The molecule has 96 valence electrons. The number of isocyanates is 1. The van der Waals surface area contributed by atoms with Crippen LogP contribution in [0.5, 0.6) is 5.75 Å². The van der Waals surface area contributed by atoms with Crippen molar-refractivity contribution in [2.75, 3.05) is 7.11 Å². The molecule has 3 nitrogen and oxygen atoms in total. The number of methoxy groups -OCH3 is 1. The van der Waals surface area contributed by atoms with Crippen molar-refractivity contribution in [1.82, 2.24) is 0 Å². The van der Waals surface area contributed by atoms with Gasteiger partial charge in [0.05, 0.1) is 17.1 Å². The first-order valence-electron chi connectivity index (χ1n) is 6.01. The molecule has 1 saturated carbocycles. The number of aliphatic imine (C=N–C) groups is 1. The van der Waals surface area contributed by atoms with Crippen molar-refractivity contribution in [1.29, 1.82) is 0 Å². The Morgan fingerprint density at radius 1 is 1.44 bits per heavy atom. The van der Waals surface area contributed by atoms with E-state index in [0.29, 0.717) is 5.92 Å². The maximum Gasteiger partial charge on any atom is 0.235 e. The van der Waals surface area contributed by atoms with E-state index in [4.69, 9.17) is 4.74 Å². The number of rotatable bonds is 4. The second-order valence-electron chi connectivity index (χ2n) is 4.97. The van der Waals surface area contributed by atoms with Crippen molar-refractivity contribution >= 4 is 22.0 Å². The van der Waals surface area contributed by atoms with Gasteiger partial charge in [-0.25, -0.2) is 4.79 Å². The summed E-state index contributed by atoms with van der Waals surface area (Å²) in [6.45, 7) is 4.24. The molecule has 0 radical (unpaired) electrons. The van der Waals surface area contributed by atoms with E-state index < -0.39 is 0 Å². The van der Waals surface area contributed by atoms with Gasteiger partial charge in [-0.05, 0) is 57.9 Å². The van der Waals surface area contributed by atoms with Crippen molar-refractivity contribution < 1.29 is 9.53 Å². The first-order valence-corrected chi connectivity index (χ1v) is 6.80. The number of halogens is 1. The lowest BCUT2D eigenvalue weighted by atomic mass is 9.95. The third-order valence-corrected chi connectivity index (χ3v) is 4.01. The van der Waals surface area contributed by atoms with Gasteiger partial charge in [-0.2, -0.15) is 4.99 Å². The second-order valence-corrected chi connectivity index (χ2v) is 5.82. The summed E-state index contributed by atoms with van der Waals surface area (Å²) in [5.41, 5.74) is 1.87. The van der Waals surface area contributed by atoms with E-state index >= 15 is 0 Å². The first kappa shape index (κ1) is 13.3. The van der Waals surface area contributed by atoms with Gasteiger partial charge in [-0.3, -0.25) is 0 Å². The van der Waals surface area contributed by atoms with E-state index in [2.05, 4.69) is 40.8 Å². The molecule has 0 amide bonds. The topological polar surface area (TPSA) is 38.7 Å². The summed E-state index contributed by atoms with van der Waals surface area (Å²) in [5.74, 6) is 1.21. The van der Waals surface area contributed by atoms with Gasteiger partial charge in [0.2, 0.25) is 6.08 Å². The smallest absolute Gasteiger partial charge is 0.235 e. The molecule has 4 heteroatoms. The highest BCUT2D eigenvalue weighted by Gasteiger charge is 2.45. The Balaban J connectivity index is 2.55. The van der Waals surface area contributed by atoms with E-state index in [9.17, 15) is 4.79 Å². The molecule has 1 fully saturated rings. The second kappa shape index (κ2) is 4.87. The third-order valence-electron chi connectivity index (χ3n) is 3.42. The fraction of sp³-hybridized carbons (Fsp3) is 0.500. The lowest BCUT2D eigenvalue weighted by Crippen LogP contribution is -2.05. The Morgan fingerprint density at radius 3 is 2.56 bits per heavy atom. The Hall–Kier alpha value is -1.12. The van der Waals surface area contributed by atoms with Gasteiger partial charge in [0, 0.05) is 0 Å². The Bertz CT molecular complexity index is 515. The van der Waals surface area contributed by atoms with Gasteiger partial charge < -0.3 is 4.74 Å². The zero-order valence-electron chi connectivity index (χ0n) is 10.8. The van der Waals surface area contributed by atoms with Crippen molar-refractivity contribution in [2.24, 2.45) is 4.99 Å². The van der Waals surface area contributed by atoms with Crippen molar-refractivity contribution in [3.8, 4) is 5.75 Å². The van der Waals surface area contributed by atoms with Crippen LogP contribution in [-0.4, -0.2) is 13.2 Å². The molecule has 0 saturated heterocycles. The molecule has 0 aromatic heterocycles. The van der Waals surface area contributed by atoms with E-state index in [0.717, 1.165) is 34.2 Å². The Kier molecular flexibility index (Phi) is 3.60. The van der Waals surface area contributed by atoms with Crippen LogP contribution in [0.1, 0.15) is 43.7 Å². The Labute approximate surface area is 115 Å². The third kappa shape index (κ3) is 2.23. The number of nitrogens with zero attached hydrogens (tertiary/aromatic N) is 1. The van der Waals surface area contributed by atoms with E-state index in [1.807, 2.05) is 6.07 Å². The lowest BCUT2D eigenvalue weighted by molar-refractivity contribution is 0.404. The quantitative estimate of drug-likeness (QED) is 0.625. The van der Waals surface area contributed by atoms with Crippen LogP contribution < -0.4 is 4.74 Å². The largest absolute Gasteiger partial charge is 0.495 e. The number of ether oxygens (including phenoxy) is 1. The minimum atomic E-state index is -0.333. The highest BCUT2D eigenvalue weighted by Crippen LogP contribution is 2.51. The molecule has 0 N–H and O–H groups in total. The average Bonchev–Trinajstić information content (AvgIpc) is 3.09. The summed E-state index contributed by atoms with van der Waals surface area (Å²) in [4.78, 5) is 14.5. The molecular formula is C14H16BrNO2. The standard InChI is InChI=1S/C14H16BrNO2/c1-9(2)11-6-10(7-12(15)13(11)18-3)14(4-5-14)16-8-17/h6-7,9H,4-5H2,1-3H3. The molecule has 0 bridgehead atoms. The van der Waals surface area contributed by atoms with Gasteiger partial charge >= 0.3 is 0 Å². The van der Waals surface area contributed by atoms with Crippen LogP contribution >= 0.6 is 15.9 Å². The molecule has 1 aliphatic rings. The molecule has 1 aliphatic carbocycles. The maximum atomic E-state index is 10.5. The molecule has 1 aromatic rings. The van der Waals surface area contributed by atoms with Crippen LogP contribution in [0.2, 0.25) is 0 Å². The minimum absolute atomic E-state index is 0.333. The van der Waals surface area contributed by atoms with Crippen molar-refractivity contribution in [3.63, 3.8) is 0 Å². The SMILES string of the molecule is COc1c(Br)cc(C2(N=C=O)CC2)cc1C(C)C. The highest BCUT2D eigenvalue weighted by atomic mass is 79.9. The zero-order valence-corrected chi connectivity index (χ0v) is 12.4. The predicted octanol–water partition coefficient (Wildman–Crippen LogP) is 3.91. The Morgan fingerprint density at radius 2 is 2.11 bits per heavy atom. The average molecular weight is 310 g/mol. The summed E-state index contributed by atoms with van der Waals surface area (Å²) < 4.78 is 6.35. The number of hydrogen-bond donors (Lipinski definition) is 0. The molecule has 0 atom stereocenters. The van der Waals surface area contributed by atoms with Gasteiger partial charge in [0.15, 0.2) is 0 Å². The predicted molar refractivity (Wildman–Crippen MR) is 73.8 cm³/mol. The van der Waals surface area contributed by atoms with Crippen LogP contribution in [0, 0.1) is 0 Å². The summed E-state index contributed by atoms with van der Waals surface area (Å²) in [5, 5.41) is 0. The van der Waals surface area contributed by atoms with Crippen LogP contribution in [0.25, 0.3) is 0 Å². The summed E-state index contributed by atoms with van der Waals surface area (Å²) in [6, 6.07) is 4.10. The molecular weight excluding hydrogens is 294 g/mol. The van der Waals surface area contributed by atoms with Crippen LogP contribution in [-0.2, 0) is 10.3 Å². The van der Waals surface area contributed by atoms with Crippen LogP contribution in [0.15, 0.2) is 21.6 Å². The highest BCUT2D eigenvalue weighted by molar-refractivity contribution is 9.10. The number of carbonyl (C=O) groups excluding carboxylic acids is 1. The zero-order chi connectivity index (χ0) is 13.3. The number of benzene rings is 1. The van der Waals surface area contributed by atoms with Crippen LogP contribution in [0.4, 0.5) is 0 Å². The van der Waals surface area contributed by atoms with Crippen molar-refractivity contribution in [2.45, 2.75) is 38.1 Å². The monoisotopic (exact) mass is 309 g/mol. The molecule has 18 heavy (non-hydrogen) atoms. The van der Waals surface area contributed by atoms with E-state index in [-0.39, 0.29) is 5.54 Å². The van der Waals surface area contributed by atoms with Gasteiger partial charge in [-0.15, -0.1) is 0 Å². The molecule has 0 aliphatic heterocycles. The maximum absolute atomic E-state index is 10.5. The molecule has 2 rings (SSSR count). The molecule has 1 aromatic carbocycles. The normalized spacial score (nSPS) is 16.3. The fourth-order valence-electron chi connectivity index (χ4n) is 2.20. The summed E-state index contributed by atoms with van der Waals surface area (Å²) in [6.07, 6.45) is 3.52. The van der Waals surface area contributed by atoms with E-state index in [1.165, 1.54) is 0 Å². The van der Waals surface area contributed by atoms with Crippen molar-refractivity contribution in [3.05, 3.63) is 27.7 Å². The minimum Gasteiger partial charge on any atom is -0.495 e. The first-order chi connectivity index (χ1) is 8.54. The lowest BCUT2D eigenvalue weighted by Gasteiger charge is -2.18. The summed E-state index contributed by atoms with van der Waals surface area (Å²) >= 11 is 3.53. The fourth-order valence-corrected chi connectivity index (χ4v) is 2.84. The van der Waals surface area contributed by atoms with E-state index in [1.54, 1.807) is 13.2 Å². The van der Waals surface area contributed by atoms with Gasteiger partial charge in [0.25, 0.3) is 0 Å². The van der Waals surface area contributed by atoms with Gasteiger partial charge in [-0.1, -0.05) is 13.8 Å². The molecule has 0 unspecified atom stereocenters. The van der Waals surface area contributed by atoms with Gasteiger partial charge in [0.1, 0.15) is 5.75 Å². The van der Waals surface area contributed by atoms with Crippen LogP contribution in [0.3, 0.4) is 0 Å². The summed E-state index contributed by atoms with van der Waals surface area (Å²) in [7, 11) is 1.67.